The molecule has 1 aliphatic heterocycles. The van der Waals surface area contributed by atoms with Gasteiger partial charge in [0, 0.05) is 12.3 Å². The second-order valence-corrected chi connectivity index (χ2v) is 7.39. The molecule has 2 atom stereocenters. The predicted molar refractivity (Wildman–Crippen MR) is 96.6 cm³/mol. The summed E-state index contributed by atoms with van der Waals surface area (Å²) in [6, 6.07) is 7.90. The molecule has 3 rings (SSSR count). The molecule has 1 saturated heterocycles. The molecule has 2 unspecified atom stereocenters. The average molecular weight is 361 g/mol. The van der Waals surface area contributed by atoms with E-state index in [0.717, 1.165) is 31.6 Å². The number of thioether (sulfide) groups is 1. The van der Waals surface area contributed by atoms with Gasteiger partial charge in [0.25, 0.3) is 0 Å². The second kappa shape index (κ2) is 8.44. The highest BCUT2D eigenvalue weighted by atomic mass is 32.2. The minimum atomic E-state index is -0.305. The summed E-state index contributed by atoms with van der Waals surface area (Å²) < 4.78 is 7.35. The Hall–Kier alpha value is -1.93. The first-order valence-electron chi connectivity index (χ1n) is 8.60. The molecular weight excluding hydrogens is 338 g/mol. The molecule has 1 fully saturated rings. The van der Waals surface area contributed by atoms with Gasteiger partial charge in [-0.1, -0.05) is 30.8 Å². The van der Waals surface area contributed by atoms with Gasteiger partial charge in [-0.15, -0.1) is 5.10 Å². The van der Waals surface area contributed by atoms with Crippen molar-refractivity contribution in [2.45, 2.75) is 56.2 Å². The summed E-state index contributed by atoms with van der Waals surface area (Å²) in [4.78, 5) is 12.4. The lowest BCUT2D eigenvalue weighted by molar-refractivity contribution is -0.115. The van der Waals surface area contributed by atoms with Crippen LogP contribution in [0.15, 0.2) is 29.4 Å². The van der Waals surface area contributed by atoms with Gasteiger partial charge in [0.1, 0.15) is 0 Å². The molecule has 7 nitrogen and oxygen atoms in total. The Morgan fingerprint density at radius 3 is 2.92 bits per heavy atom. The van der Waals surface area contributed by atoms with Crippen LogP contribution in [0.1, 0.15) is 32.3 Å². The van der Waals surface area contributed by atoms with E-state index < -0.39 is 0 Å². The summed E-state index contributed by atoms with van der Waals surface area (Å²) in [5.41, 5.74) is 2.04. The summed E-state index contributed by atoms with van der Waals surface area (Å²) in [7, 11) is 0. The Balaban J connectivity index is 1.56. The van der Waals surface area contributed by atoms with Crippen LogP contribution in [-0.2, 0) is 22.5 Å². The van der Waals surface area contributed by atoms with Gasteiger partial charge in [0.2, 0.25) is 11.1 Å². The standard InChI is InChI=1S/C17H23N5O2S/c1-3-13-6-8-14(9-7-13)18-16(23)12(2)25-17-19-20-21-22(17)11-15-5-4-10-24-15/h6-9,12,15H,3-5,10-11H2,1-2H3,(H,18,23). The van der Waals surface area contributed by atoms with Crippen LogP contribution in [0.3, 0.4) is 0 Å². The number of hydrogen-bond acceptors (Lipinski definition) is 6. The minimum absolute atomic E-state index is 0.0686. The monoisotopic (exact) mass is 361 g/mol. The highest BCUT2D eigenvalue weighted by molar-refractivity contribution is 8.00. The van der Waals surface area contributed by atoms with Crippen molar-refractivity contribution in [2.75, 3.05) is 11.9 Å². The van der Waals surface area contributed by atoms with Gasteiger partial charge >= 0.3 is 0 Å². The number of amides is 1. The van der Waals surface area contributed by atoms with Gasteiger partial charge in [-0.25, -0.2) is 4.68 Å². The number of aryl methyl sites for hydroxylation is 1. The van der Waals surface area contributed by atoms with Crippen molar-refractivity contribution in [3.05, 3.63) is 29.8 Å². The molecule has 25 heavy (non-hydrogen) atoms. The largest absolute Gasteiger partial charge is 0.376 e. The number of carbonyl (C=O) groups is 1. The molecule has 1 N–H and O–H groups in total. The maximum atomic E-state index is 12.4. The van der Waals surface area contributed by atoms with Gasteiger partial charge in [0.05, 0.1) is 17.9 Å². The topological polar surface area (TPSA) is 81.9 Å². The molecule has 2 aromatic rings. The molecule has 2 heterocycles. The molecule has 1 aromatic heterocycles. The zero-order valence-corrected chi connectivity index (χ0v) is 15.3. The molecule has 8 heteroatoms. The fraction of sp³-hybridized carbons (Fsp3) is 0.529. The summed E-state index contributed by atoms with van der Waals surface area (Å²) in [6.45, 7) is 5.38. The zero-order chi connectivity index (χ0) is 17.6. The number of tetrazole rings is 1. The minimum Gasteiger partial charge on any atom is -0.376 e. The van der Waals surface area contributed by atoms with Crippen LogP contribution in [0.25, 0.3) is 0 Å². The third kappa shape index (κ3) is 4.79. The van der Waals surface area contributed by atoms with E-state index in [1.807, 2.05) is 31.2 Å². The van der Waals surface area contributed by atoms with E-state index in [4.69, 9.17) is 4.74 Å². The maximum Gasteiger partial charge on any atom is 0.237 e. The first-order chi connectivity index (χ1) is 12.2. The molecule has 0 spiro atoms. The van der Waals surface area contributed by atoms with E-state index in [1.165, 1.54) is 17.3 Å². The Bertz CT molecular complexity index is 697. The van der Waals surface area contributed by atoms with E-state index in [1.54, 1.807) is 4.68 Å². The van der Waals surface area contributed by atoms with Crippen molar-refractivity contribution in [2.24, 2.45) is 0 Å². The number of carbonyl (C=O) groups excluding carboxylic acids is 1. The molecule has 134 valence electrons. The van der Waals surface area contributed by atoms with Crippen LogP contribution >= 0.6 is 11.8 Å². The molecule has 1 aromatic carbocycles. The first-order valence-corrected chi connectivity index (χ1v) is 9.48. The summed E-state index contributed by atoms with van der Waals surface area (Å²) >= 11 is 1.35. The number of nitrogens with zero attached hydrogens (tertiary/aromatic N) is 4. The van der Waals surface area contributed by atoms with E-state index >= 15 is 0 Å². The van der Waals surface area contributed by atoms with E-state index in [0.29, 0.717) is 11.7 Å². The Morgan fingerprint density at radius 2 is 2.24 bits per heavy atom. The fourth-order valence-electron chi connectivity index (χ4n) is 2.66. The number of anilines is 1. The van der Waals surface area contributed by atoms with Crippen LogP contribution in [0.5, 0.6) is 0 Å². The quantitative estimate of drug-likeness (QED) is 0.763. The van der Waals surface area contributed by atoms with Crippen LogP contribution in [0.4, 0.5) is 5.69 Å². The third-order valence-corrected chi connectivity index (χ3v) is 5.25. The molecule has 0 aliphatic carbocycles. The highest BCUT2D eigenvalue weighted by Gasteiger charge is 2.22. The summed E-state index contributed by atoms with van der Waals surface area (Å²) in [5, 5.41) is 15.1. The van der Waals surface area contributed by atoms with Crippen LogP contribution in [-0.4, -0.2) is 44.1 Å². The molecule has 1 amide bonds. The van der Waals surface area contributed by atoms with Gasteiger partial charge in [-0.3, -0.25) is 4.79 Å². The fourth-order valence-corrected chi connectivity index (χ4v) is 3.45. The molecule has 0 bridgehead atoms. The summed E-state index contributed by atoms with van der Waals surface area (Å²) in [6.07, 6.45) is 3.23. The number of aromatic nitrogens is 4. The molecular formula is C17H23N5O2S. The number of rotatable bonds is 7. The van der Waals surface area contributed by atoms with Crippen molar-refractivity contribution >= 4 is 23.4 Å². The lowest BCUT2D eigenvalue weighted by Gasteiger charge is -2.13. The lowest BCUT2D eigenvalue weighted by Crippen LogP contribution is -2.23. The third-order valence-electron chi connectivity index (χ3n) is 4.18. The Labute approximate surface area is 151 Å². The molecule has 0 saturated carbocycles. The van der Waals surface area contributed by atoms with Crippen molar-refractivity contribution in [3.63, 3.8) is 0 Å². The predicted octanol–water partition coefficient (Wildman–Crippen LogP) is 2.53. The molecule has 1 aliphatic rings. The first kappa shape index (κ1) is 17.9. The number of nitrogens with one attached hydrogen (secondary N) is 1. The zero-order valence-electron chi connectivity index (χ0n) is 14.5. The lowest BCUT2D eigenvalue weighted by atomic mass is 10.1. The van der Waals surface area contributed by atoms with Crippen LogP contribution in [0, 0.1) is 0 Å². The second-order valence-electron chi connectivity index (χ2n) is 6.08. The van der Waals surface area contributed by atoms with Crippen LogP contribution < -0.4 is 5.32 Å². The highest BCUT2D eigenvalue weighted by Crippen LogP contribution is 2.23. The SMILES string of the molecule is CCc1ccc(NC(=O)C(C)Sc2nnnn2CC2CCCO2)cc1. The smallest absolute Gasteiger partial charge is 0.237 e. The van der Waals surface area contributed by atoms with Gasteiger partial charge in [0.15, 0.2) is 0 Å². The number of hydrogen-bond donors (Lipinski definition) is 1. The normalized spacial score (nSPS) is 18.2. The Morgan fingerprint density at radius 1 is 1.44 bits per heavy atom. The van der Waals surface area contributed by atoms with Gasteiger partial charge < -0.3 is 10.1 Å². The van der Waals surface area contributed by atoms with E-state index in [2.05, 4.69) is 27.8 Å². The number of ether oxygens (including phenoxy) is 1. The van der Waals surface area contributed by atoms with E-state index in [-0.39, 0.29) is 17.3 Å². The van der Waals surface area contributed by atoms with Crippen LogP contribution in [0.2, 0.25) is 0 Å². The van der Waals surface area contributed by atoms with E-state index in [9.17, 15) is 4.79 Å². The van der Waals surface area contributed by atoms with Gasteiger partial charge in [-0.2, -0.15) is 0 Å². The van der Waals surface area contributed by atoms with Gasteiger partial charge in [-0.05, 0) is 54.3 Å². The van der Waals surface area contributed by atoms with Crippen molar-refractivity contribution in [1.29, 1.82) is 0 Å². The summed E-state index contributed by atoms with van der Waals surface area (Å²) in [5.74, 6) is -0.0686. The Kier molecular flexibility index (Phi) is 6.04. The van der Waals surface area contributed by atoms with Crippen molar-refractivity contribution < 1.29 is 9.53 Å². The number of benzene rings is 1. The van der Waals surface area contributed by atoms with Crippen molar-refractivity contribution in [3.8, 4) is 0 Å². The van der Waals surface area contributed by atoms with Crippen molar-refractivity contribution in [1.82, 2.24) is 20.2 Å². The maximum absolute atomic E-state index is 12.4. The molecule has 0 radical (unpaired) electrons. The average Bonchev–Trinajstić information content (AvgIpc) is 3.28.